The molecule has 0 aliphatic heterocycles. The van der Waals surface area contributed by atoms with Crippen molar-refractivity contribution in [3.63, 3.8) is 0 Å². The van der Waals surface area contributed by atoms with Gasteiger partial charge in [0.25, 0.3) is 5.91 Å². The minimum atomic E-state index is -0.633. The Kier molecular flexibility index (Phi) is 5.01. The number of benzene rings is 2. The monoisotopic (exact) mass is 300 g/mol. The van der Waals surface area contributed by atoms with E-state index in [1.165, 1.54) is 17.0 Å². The summed E-state index contributed by atoms with van der Waals surface area (Å²) in [7, 11) is 1.63. The highest BCUT2D eigenvalue weighted by atomic mass is 16.3. The molecule has 0 heterocycles. The van der Waals surface area contributed by atoms with Gasteiger partial charge in [-0.15, -0.1) is 0 Å². The molecular formula is C17H20N2O3. The van der Waals surface area contributed by atoms with Crippen LogP contribution in [0.4, 0.5) is 5.69 Å². The molecule has 0 spiro atoms. The summed E-state index contributed by atoms with van der Waals surface area (Å²) < 4.78 is 0. The van der Waals surface area contributed by atoms with Gasteiger partial charge in [0.1, 0.15) is 0 Å². The van der Waals surface area contributed by atoms with E-state index in [1.54, 1.807) is 13.1 Å². The Morgan fingerprint density at radius 2 is 1.86 bits per heavy atom. The summed E-state index contributed by atoms with van der Waals surface area (Å²) in [5.41, 5.74) is 6.74. The lowest BCUT2D eigenvalue weighted by atomic mass is 10.1. The Labute approximate surface area is 129 Å². The average molecular weight is 300 g/mol. The average Bonchev–Trinajstić information content (AvgIpc) is 2.55. The molecule has 2 aromatic rings. The predicted octanol–water partition coefficient (Wildman–Crippen LogP) is 2.17. The molecule has 22 heavy (non-hydrogen) atoms. The zero-order valence-corrected chi connectivity index (χ0v) is 12.4. The van der Waals surface area contributed by atoms with Gasteiger partial charge in [0.05, 0.1) is 17.4 Å². The number of nitrogen functional groups attached to an aromatic ring is 1. The number of nitrogens with two attached hydrogens (primary N) is 1. The highest BCUT2D eigenvalue weighted by Gasteiger charge is 2.18. The fourth-order valence-electron chi connectivity index (χ4n) is 2.20. The Morgan fingerprint density at radius 3 is 2.55 bits per heavy atom. The topological polar surface area (TPSA) is 86.8 Å². The highest BCUT2D eigenvalue weighted by molar-refractivity contribution is 5.98. The van der Waals surface area contributed by atoms with Crippen molar-refractivity contribution in [3.05, 3.63) is 59.7 Å². The van der Waals surface area contributed by atoms with Crippen LogP contribution in [0, 0.1) is 0 Å². The molecule has 5 nitrogen and oxygen atoms in total. The van der Waals surface area contributed by atoms with E-state index < -0.39 is 6.10 Å². The fraction of sp³-hybridized carbons (Fsp3) is 0.235. The molecule has 1 unspecified atom stereocenters. The summed E-state index contributed by atoms with van der Waals surface area (Å²) in [5, 5.41) is 20.0. The van der Waals surface area contributed by atoms with Crippen molar-refractivity contribution in [3.8, 4) is 5.75 Å². The molecule has 0 saturated heterocycles. The molecule has 1 atom stereocenters. The molecule has 0 aliphatic rings. The molecule has 116 valence electrons. The number of rotatable bonds is 5. The molecule has 0 saturated carbocycles. The first kappa shape index (κ1) is 15.9. The summed E-state index contributed by atoms with van der Waals surface area (Å²) in [6.45, 7) is 0.364. The number of aliphatic hydroxyl groups is 1. The number of phenolic OH excluding ortho intramolecular Hbond substituents is 1. The first-order valence-electron chi connectivity index (χ1n) is 7.06. The second kappa shape index (κ2) is 6.95. The smallest absolute Gasteiger partial charge is 0.257 e. The van der Waals surface area contributed by atoms with Gasteiger partial charge < -0.3 is 20.8 Å². The van der Waals surface area contributed by atoms with Gasteiger partial charge in [-0.1, -0.05) is 36.4 Å². The van der Waals surface area contributed by atoms with Crippen molar-refractivity contribution in [1.29, 1.82) is 0 Å². The molecule has 0 fully saturated rings. The number of carbonyl (C=O) groups is 1. The predicted molar refractivity (Wildman–Crippen MR) is 85.5 cm³/mol. The summed E-state index contributed by atoms with van der Waals surface area (Å²) >= 11 is 0. The Balaban J connectivity index is 1.99. The van der Waals surface area contributed by atoms with E-state index in [0.29, 0.717) is 13.0 Å². The number of aromatic hydroxyl groups is 1. The standard InChI is InChI=1S/C17H20N2O3/c1-19(11-10-15(20)12-6-3-2-4-7-12)17(22)13-8-5-9-14(18)16(13)21/h2-9,15,20-21H,10-11,18H2,1H3. The second-order valence-corrected chi connectivity index (χ2v) is 5.19. The lowest BCUT2D eigenvalue weighted by Gasteiger charge is -2.20. The Bertz CT molecular complexity index is 644. The third-order valence-electron chi connectivity index (χ3n) is 3.57. The number of hydrogen-bond donors (Lipinski definition) is 3. The van der Waals surface area contributed by atoms with Crippen LogP contribution in [0.1, 0.15) is 28.4 Å². The van der Waals surface area contributed by atoms with E-state index in [0.717, 1.165) is 5.56 Å². The van der Waals surface area contributed by atoms with E-state index in [-0.39, 0.29) is 22.9 Å². The van der Waals surface area contributed by atoms with E-state index in [2.05, 4.69) is 0 Å². The van der Waals surface area contributed by atoms with Crippen molar-refractivity contribution in [1.82, 2.24) is 4.90 Å². The van der Waals surface area contributed by atoms with Gasteiger partial charge in [0, 0.05) is 13.6 Å². The maximum absolute atomic E-state index is 12.3. The van der Waals surface area contributed by atoms with Crippen LogP contribution in [0.15, 0.2) is 48.5 Å². The first-order chi connectivity index (χ1) is 10.5. The summed E-state index contributed by atoms with van der Waals surface area (Å²) in [6.07, 6.45) is -0.221. The van der Waals surface area contributed by atoms with Crippen LogP contribution in [0.25, 0.3) is 0 Å². The van der Waals surface area contributed by atoms with Crippen molar-refractivity contribution in [2.24, 2.45) is 0 Å². The lowest BCUT2D eigenvalue weighted by Crippen LogP contribution is -2.28. The second-order valence-electron chi connectivity index (χ2n) is 5.19. The Hall–Kier alpha value is -2.53. The molecule has 0 aliphatic carbocycles. The SMILES string of the molecule is CN(CCC(O)c1ccccc1)C(=O)c1cccc(N)c1O. The number of aliphatic hydroxyl groups excluding tert-OH is 1. The molecule has 1 amide bonds. The van der Waals surface area contributed by atoms with Gasteiger partial charge in [-0.3, -0.25) is 4.79 Å². The molecule has 4 N–H and O–H groups in total. The third kappa shape index (κ3) is 3.56. The van der Waals surface area contributed by atoms with E-state index in [4.69, 9.17) is 5.73 Å². The maximum Gasteiger partial charge on any atom is 0.257 e. The third-order valence-corrected chi connectivity index (χ3v) is 3.57. The van der Waals surface area contributed by atoms with Crippen LogP contribution in [-0.2, 0) is 0 Å². The van der Waals surface area contributed by atoms with Crippen LogP contribution in [0.5, 0.6) is 5.75 Å². The first-order valence-corrected chi connectivity index (χ1v) is 7.06. The maximum atomic E-state index is 12.3. The summed E-state index contributed by atoms with van der Waals surface area (Å²) in [6, 6.07) is 14.0. The number of para-hydroxylation sites is 1. The van der Waals surface area contributed by atoms with Crippen LogP contribution in [0.2, 0.25) is 0 Å². The molecule has 0 aromatic heterocycles. The molecule has 0 radical (unpaired) electrons. The van der Waals surface area contributed by atoms with Crippen LogP contribution >= 0.6 is 0 Å². The number of anilines is 1. The van der Waals surface area contributed by atoms with Crippen LogP contribution in [-0.4, -0.2) is 34.6 Å². The largest absolute Gasteiger partial charge is 0.505 e. The minimum Gasteiger partial charge on any atom is -0.505 e. The summed E-state index contributed by atoms with van der Waals surface area (Å²) in [5.74, 6) is -0.534. The van der Waals surface area contributed by atoms with Crippen molar-refractivity contribution >= 4 is 11.6 Å². The molecular weight excluding hydrogens is 280 g/mol. The number of carbonyl (C=O) groups excluding carboxylic acids is 1. The van der Waals surface area contributed by atoms with Gasteiger partial charge in [0.15, 0.2) is 5.75 Å². The van der Waals surface area contributed by atoms with Crippen molar-refractivity contribution in [2.45, 2.75) is 12.5 Å². The van der Waals surface area contributed by atoms with Gasteiger partial charge in [-0.05, 0) is 24.1 Å². The number of phenols is 1. The van der Waals surface area contributed by atoms with Crippen LogP contribution in [0.3, 0.4) is 0 Å². The molecule has 2 rings (SSSR count). The minimum absolute atomic E-state index is 0.164. The molecule has 5 heteroatoms. The molecule has 0 bridgehead atoms. The van der Waals surface area contributed by atoms with Gasteiger partial charge in [-0.25, -0.2) is 0 Å². The van der Waals surface area contributed by atoms with Crippen molar-refractivity contribution in [2.75, 3.05) is 19.3 Å². The van der Waals surface area contributed by atoms with E-state index in [1.807, 2.05) is 30.3 Å². The van der Waals surface area contributed by atoms with Gasteiger partial charge in [0.2, 0.25) is 0 Å². The zero-order valence-electron chi connectivity index (χ0n) is 12.4. The van der Waals surface area contributed by atoms with Crippen LogP contribution < -0.4 is 5.73 Å². The molecule has 2 aromatic carbocycles. The van der Waals surface area contributed by atoms with E-state index >= 15 is 0 Å². The van der Waals surface area contributed by atoms with Gasteiger partial charge in [-0.2, -0.15) is 0 Å². The number of nitrogens with zero attached hydrogens (tertiary/aromatic N) is 1. The highest BCUT2D eigenvalue weighted by Crippen LogP contribution is 2.25. The Morgan fingerprint density at radius 1 is 1.18 bits per heavy atom. The summed E-state index contributed by atoms with van der Waals surface area (Å²) in [4.78, 5) is 13.8. The van der Waals surface area contributed by atoms with E-state index in [9.17, 15) is 15.0 Å². The lowest BCUT2D eigenvalue weighted by molar-refractivity contribution is 0.0758. The van der Waals surface area contributed by atoms with Gasteiger partial charge >= 0.3 is 0 Å². The normalized spacial score (nSPS) is 11.9. The van der Waals surface area contributed by atoms with Crippen molar-refractivity contribution < 1.29 is 15.0 Å². The fourth-order valence-corrected chi connectivity index (χ4v) is 2.20. The number of amides is 1. The number of hydrogen-bond acceptors (Lipinski definition) is 4. The zero-order chi connectivity index (χ0) is 16.1. The quantitative estimate of drug-likeness (QED) is 0.583.